The minimum atomic E-state index is 0.608. The molecule has 0 unspecified atom stereocenters. The fourth-order valence-corrected chi connectivity index (χ4v) is 7.18. The van der Waals surface area contributed by atoms with Crippen molar-refractivity contribution < 1.29 is 8.83 Å². The standard InChI is InChI=1S/C47H30N2O2/c1-3-11-34(12-4-1)47-48-43-29-42-41-27-22-35(28-44(41)50-45(42)30-46(43)51-47)31-18-23-37(24-19-31)49(36-14-5-2-6-15-36)38-25-20-33(21-26-38)40-17-9-13-32-10-7-8-16-39(32)40/h1-30H. The molecule has 10 aromatic rings. The lowest BCUT2D eigenvalue weighted by molar-refractivity contribution is 0.617. The van der Waals surface area contributed by atoms with Gasteiger partial charge in [-0.1, -0.05) is 109 Å². The monoisotopic (exact) mass is 654 g/mol. The lowest BCUT2D eigenvalue weighted by atomic mass is 9.98. The molecule has 0 saturated heterocycles. The zero-order valence-corrected chi connectivity index (χ0v) is 27.5. The molecule has 0 amide bonds. The maximum absolute atomic E-state index is 6.38. The topological polar surface area (TPSA) is 42.4 Å². The van der Waals surface area contributed by atoms with Crippen LogP contribution < -0.4 is 4.90 Å². The molecule has 51 heavy (non-hydrogen) atoms. The van der Waals surface area contributed by atoms with E-state index in [2.05, 4.69) is 150 Å². The molecule has 0 aliphatic rings. The first kappa shape index (κ1) is 29.0. The summed E-state index contributed by atoms with van der Waals surface area (Å²) in [5.74, 6) is 0.608. The molecule has 0 bridgehead atoms. The van der Waals surface area contributed by atoms with Crippen LogP contribution in [0, 0.1) is 0 Å². The first-order valence-electron chi connectivity index (χ1n) is 17.1. The quantitative estimate of drug-likeness (QED) is 0.179. The third-order valence-corrected chi connectivity index (χ3v) is 9.70. The third-order valence-electron chi connectivity index (χ3n) is 9.70. The van der Waals surface area contributed by atoms with E-state index in [0.717, 1.165) is 61.2 Å². The average Bonchev–Trinajstić information content (AvgIpc) is 3.78. The Morgan fingerprint density at radius 3 is 1.78 bits per heavy atom. The van der Waals surface area contributed by atoms with Crippen LogP contribution in [0.3, 0.4) is 0 Å². The minimum Gasteiger partial charge on any atom is -0.456 e. The highest BCUT2D eigenvalue weighted by atomic mass is 16.4. The Bertz CT molecular complexity index is 2830. The Hall–Kier alpha value is -6.91. The van der Waals surface area contributed by atoms with Crippen LogP contribution in [0.5, 0.6) is 0 Å². The van der Waals surface area contributed by atoms with Crippen molar-refractivity contribution in [3.63, 3.8) is 0 Å². The largest absolute Gasteiger partial charge is 0.456 e. The molecule has 0 aliphatic heterocycles. The molecule has 0 radical (unpaired) electrons. The SMILES string of the molecule is c1ccc(-c2nc3cc4c(cc3o2)oc2cc(-c3ccc(N(c5ccccc5)c5ccc(-c6cccc7ccccc67)cc5)cc3)ccc24)cc1. The summed E-state index contributed by atoms with van der Waals surface area (Å²) < 4.78 is 12.5. The molecule has 0 N–H and O–H groups in total. The van der Waals surface area contributed by atoms with Crippen LogP contribution in [-0.4, -0.2) is 4.98 Å². The molecule has 0 saturated carbocycles. The summed E-state index contributed by atoms with van der Waals surface area (Å²) in [4.78, 5) is 7.07. The summed E-state index contributed by atoms with van der Waals surface area (Å²) >= 11 is 0. The Balaban J connectivity index is 0.976. The predicted molar refractivity (Wildman–Crippen MR) is 210 cm³/mol. The van der Waals surface area contributed by atoms with Crippen LogP contribution in [0.2, 0.25) is 0 Å². The molecular weight excluding hydrogens is 625 g/mol. The van der Waals surface area contributed by atoms with Crippen molar-refractivity contribution in [3.8, 4) is 33.7 Å². The highest BCUT2D eigenvalue weighted by Gasteiger charge is 2.16. The summed E-state index contributed by atoms with van der Waals surface area (Å²) in [5, 5.41) is 4.58. The maximum atomic E-state index is 6.38. The van der Waals surface area contributed by atoms with Gasteiger partial charge >= 0.3 is 0 Å². The molecule has 2 aromatic heterocycles. The van der Waals surface area contributed by atoms with Crippen molar-refractivity contribution in [2.75, 3.05) is 4.90 Å². The summed E-state index contributed by atoms with van der Waals surface area (Å²) in [6, 6.07) is 63.6. The van der Waals surface area contributed by atoms with E-state index in [4.69, 9.17) is 13.8 Å². The number of fused-ring (bicyclic) bond motifs is 5. The molecule has 0 aliphatic carbocycles. The number of oxazole rings is 1. The average molecular weight is 655 g/mol. The second kappa shape index (κ2) is 11.9. The van der Waals surface area contributed by atoms with Gasteiger partial charge in [-0.3, -0.25) is 0 Å². The number of rotatable bonds is 6. The molecule has 240 valence electrons. The van der Waals surface area contributed by atoms with Crippen molar-refractivity contribution in [2.24, 2.45) is 0 Å². The lowest BCUT2D eigenvalue weighted by Gasteiger charge is -2.26. The Morgan fingerprint density at radius 2 is 1.00 bits per heavy atom. The number of anilines is 3. The van der Waals surface area contributed by atoms with E-state index in [1.165, 1.54) is 21.9 Å². The zero-order valence-electron chi connectivity index (χ0n) is 27.5. The molecule has 0 spiro atoms. The van der Waals surface area contributed by atoms with Gasteiger partial charge in [0, 0.05) is 39.5 Å². The summed E-state index contributed by atoms with van der Waals surface area (Å²) in [5.41, 5.74) is 12.0. The maximum Gasteiger partial charge on any atom is 0.227 e. The minimum absolute atomic E-state index is 0.608. The number of benzene rings is 8. The van der Waals surface area contributed by atoms with Crippen molar-refractivity contribution in [1.82, 2.24) is 4.98 Å². The summed E-state index contributed by atoms with van der Waals surface area (Å²) in [6.45, 7) is 0. The van der Waals surface area contributed by atoms with Crippen molar-refractivity contribution >= 4 is 60.9 Å². The fraction of sp³-hybridized carbons (Fsp3) is 0. The van der Waals surface area contributed by atoms with Crippen LogP contribution in [0.25, 0.3) is 77.5 Å². The smallest absolute Gasteiger partial charge is 0.227 e. The van der Waals surface area contributed by atoms with Crippen molar-refractivity contribution in [1.29, 1.82) is 0 Å². The van der Waals surface area contributed by atoms with Crippen molar-refractivity contribution in [3.05, 3.63) is 182 Å². The van der Waals surface area contributed by atoms with E-state index in [1.807, 2.05) is 36.4 Å². The number of hydrogen-bond acceptors (Lipinski definition) is 4. The first-order chi connectivity index (χ1) is 25.2. The number of nitrogens with zero attached hydrogens (tertiary/aromatic N) is 2. The Labute approximate surface area is 294 Å². The van der Waals surface area contributed by atoms with Crippen molar-refractivity contribution in [2.45, 2.75) is 0 Å². The first-order valence-corrected chi connectivity index (χ1v) is 17.1. The van der Waals surface area contributed by atoms with E-state index in [1.54, 1.807) is 0 Å². The van der Waals surface area contributed by atoms with Gasteiger partial charge in [0.25, 0.3) is 0 Å². The van der Waals surface area contributed by atoms with E-state index in [-0.39, 0.29) is 0 Å². The van der Waals surface area contributed by atoms with Gasteiger partial charge in [0.05, 0.1) is 0 Å². The third kappa shape index (κ3) is 5.13. The van der Waals surface area contributed by atoms with Gasteiger partial charge in [-0.05, 0) is 99.8 Å². The predicted octanol–water partition coefficient (Wildman–Crippen LogP) is 13.4. The molecule has 2 heterocycles. The van der Waals surface area contributed by atoms with E-state index in [0.29, 0.717) is 11.5 Å². The highest BCUT2D eigenvalue weighted by molar-refractivity contribution is 6.09. The number of aromatic nitrogens is 1. The molecule has 8 aromatic carbocycles. The van der Waals surface area contributed by atoms with Gasteiger partial charge in [0.1, 0.15) is 16.7 Å². The Morgan fingerprint density at radius 1 is 0.373 bits per heavy atom. The Kier molecular flexibility index (Phi) is 6.78. The van der Waals surface area contributed by atoms with E-state index in [9.17, 15) is 0 Å². The van der Waals surface area contributed by atoms with E-state index < -0.39 is 0 Å². The van der Waals surface area contributed by atoms with Crippen LogP contribution in [0.15, 0.2) is 191 Å². The highest BCUT2D eigenvalue weighted by Crippen LogP contribution is 2.39. The van der Waals surface area contributed by atoms with Gasteiger partial charge < -0.3 is 13.7 Å². The molecule has 10 rings (SSSR count). The van der Waals surface area contributed by atoms with Gasteiger partial charge in [-0.25, -0.2) is 4.98 Å². The molecule has 4 nitrogen and oxygen atoms in total. The fourth-order valence-electron chi connectivity index (χ4n) is 7.18. The molecule has 4 heteroatoms. The van der Waals surface area contributed by atoms with Gasteiger partial charge in [-0.2, -0.15) is 0 Å². The molecular formula is C47H30N2O2. The molecule has 0 fully saturated rings. The lowest BCUT2D eigenvalue weighted by Crippen LogP contribution is -2.09. The second-order valence-electron chi connectivity index (χ2n) is 12.8. The second-order valence-corrected chi connectivity index (χ2v) is 12.8. The summed E-state index contributed by atoms with van der Waals surface area (Å²) in [6.07, 6.45) is 0. The van der Waals surface area contributed by atoms with Crippen LogP contribution in [-0.2, 0) is 0 Å². The zero-order chi connectivity index (χ0) is 33.7. The van der Waals surface area contributed by atoms with Crippen LogP contribution >= 0.6 is 0 Å². The van der Waals surface area contributed by atoms with E-state index >= 15 is 0 Å². The van der Waals surface area contributed by atoms with Gasteiger partial charge in [0.2, 0.25) is 5.89 Å². The normalized spacial score (nSPS) is 11.5. The molecule has 0 atom stereocenters. The number of para-hydroxylation sites is 1. The number of furan rings is 1. The number of hydrogen-bond donors (Lipinski definition) is 0. The summed E-state index contributed by atoms with van der Waals surface area (Å²) in [7, 11) is 0. The van der Waals surface area contributed by atoms with Crippen LogP contribution in [0.1, 0.15) is 0 Å². The van der Waals surface area contributed by atoms with Crippen LogP contribution in [0.4, 0.5) is 17.1 Å². The van der Waals surface area contributed by atoms with Gasteiger partial charge in [-0.15, -0.1) is 0 Å². The van der Waals surface area contributed by atoms with Gasteiger partial charge in [0.15, 0.2) is 5.58 Å².